The van der Waals surface area contributed by atoms with Gasteiger partial charge in [-0.15, -0.1) is 0 Å². The summed E-state index contributed by atoms with van der Waals surface area (Å²) in [4.78, 5) is 13.2. The normalized spacial score (nSPS) is 12.3. The molecule has 30 heavy (non-hydrogen) atoms. The molecule has 3 aromatic rings. The number of aromatic hydroxyl groups is 1. The largest absolute Gasteiger partial charge is 0.534 e. The smallest absolute Gasteiger partial charge is 0.508 e. The van der Waals surface area contributed by atoms with E-state index in [-0.39, 0.29) is 22.7 Å². The highest BCUT2D eigenvalue weighted by Gasteiger charge is 2.48. The van der Waals surface area contributed by atoms with Crippen LogP contribution in [0.4, 0.5) is 13.2 Å². The molecule has 2 aromatic carbocycles. The fourth-order valence-corrected chi connectivity index (χ4v) is 3.53. The zero-order valence-corrected chi connectivity index (χ0v) is 16.7. The van der Waals surface area contributed by atoms with Gasteiger partial charge in [-0.3, -0.25) is 4.79 Å². The number of benzene rings is 2. The first-order chi connectivity index (χ1) is 14.0. The first kappa shape index (κ1) is 21.7. The Kier molecular flexibility index (Phi) is 5.55. The van der Waals surface area contributed by atoms with Crippen LogP contribution in [0.1, 0.15) is 41.1 Å². The lowest BCUT2D eigenvalue weighted by molar-refractivity contribution is -0.0500. The van der Waals surface area contributed by atoms with E-state index in [1.807, 2.05) is 6.92 Å². The zero-order chi connectivity index (χ0) is 22.3. The Bertz CT molecular complexity index is 1230. The molecule has 0 unspecified atom stereocenters. The maximum atomic E-state index is 13.2. The van der Waals surface area contributed by atoms with Gasteiger partial charge in [0.2, 0.25) is 0 Å². The van der Waals surface area contributed by atoms with Crippen LogP contribution in [0.3, 0.4) is 0 Å². The average molecular weight is 442 g/mol. The molecule has 160 valence electrons. The first-order valence-corrected chi connectivity index (χ1v) is 10.3. The van der Waals surface area contributed by atoms with Crippen molar-refractivity contribution in [3.63, 3.8) is 0 Å². The number of fused-ring (bicyclic) bond motifs is 1. The fraction of sp³-hybridized carbons (Fsp3) is 0.250. The van der Waals surface area contributed by atoms with Crippen LogP contribution in [0.15, 0.2) is 40.8 Å². The molecule has 1 heterocycles. The van der Waals surface area contributed by atoms with E-state index in [0.29, 0.717) is 35.1 Å². The minimum absolute atomic E-state index is 0.0156. The summed E-state index contributed by atoms with van der Waals surface area (Å²) in [5, 5.41) is 9.97. The van der Waals surface area contributed by atoms with Crippen molar-refractivity contribution in [3.8, 4) is 11.5 Å². The van der Waals surface area contributed by atoms with E-state index >= 15 is 0 Å². The summed E-state index contributed by atoms with van der Waals surface area (Å²) in [5.41, 5.74) is -4.36. The van der Waals surface area contributed by atoms with Gasteiger partial charge in [0, 0.05) is 23.4 Å². The molecule has 0 saturated heterocycles. The van der Waals surface area contributed by atoms with E-state index in [0.717, 1.165) is 12.1 Å². The summed E-state index contributed by atoms with van der Waals surface area (Å²) in [6, 6.07) is 7.64. The number of phenols is 1. The Labute approximate surface area is 170 Å². The number of furan rings is 1. The van der Waals surface area contributed by atoms with Gasteiger partial charge in [-0.25, -0.2) is 0 Å². The standard InChI is InChI=1S/C20H17F3O6S/c1-3-11-9-12(24)5-7-14(11)19(25)18-15-8-6-13(10-17(15)28-16(18)4-2)29-30(26,27)20(21,22)23/h5-10,24H,3-4H2,1-2H3. The van der Waals surface area contributed by atoms with Gasteiger partial charge in [0.1, 0.15) is 22.8 Å². The topological polar surface area (TPSA) is 93.8 Å². The predicted molar refractivity (Wildman–Crippen MR) is 102 cm³/mol. The molecule has 0 aliphatic rings. The second-order valence-electron chi connectivity index (χ2n) is 6.42. The predicted octanol–water partition coefficient (Wildman–Crippen LogP) is 4.72. The number of aryl methyl sites for hydroxylation is 2. The minimum atomic E-state index is -5.83. The van der Waals surface area contributed by atoms with Crippen LogP contribution >= 0.6 is 0 Å². The Morgan fingerprint density at radius 2 is 1.80 bits per heavy atom. The lowest BCUT2D eigenvalue weighted by Gasteiger charge is -2.09. The molecule has 0 spiro atoms. The van der Waals surface area contributed by atoms with Crippen molar-refractivity contribution in [1.82, 2.24) is 0 Å². The highest BCUT2D eigenvalue weighted by molar-refractivity contribution is 7.88. The molecule has 0 aliphatic heterocycles. The molecule has 1 N–H and O–H groups in total. The monoisotopic (exact) mass is 442 g/mol. The van der Waals surface area contributed by atoms with Gasteiger partial charge in [0.25, 0.3) is 0 Å². The molecule has 0 radical (unpaired) electrons. The number of phenolic OH excluding ortho intramolecular Hbond substituents is 1. The first-order valence-electron chi connectivity index (χ1n) is 8.91. The van der Waals surface area contributed by atoms with Crippen LogP contribution in [-0.2, 0) is 23.0 Å². The number of carbonyl (C=O) groups is 1. The van der Waals surface area contributed by atoms with E-state index in [4.69, 9.17) is 4.42 Å². The third-order valence-corrected chi connectivity index (χ3v) is 5.47. The molecule has 10 heteroatoms. The minimum Gasteiger partial charge on any atom is -0.508 e. The third-order valence-electron chi connectivity index (χ3n) is 4.49. The highest BCUT2D eigenvalue weighted by atomic mass is 32.2. The van der Waals surface area contributed by atoms with Crippen LogP contribution in [0, 0.1) is 0 Å². The van der Waals surface area contributed by atoms with Gasteiger partial charge in [0.05, 0.1) is 5.56 Å². The summed E-state index contributed by atoms with van der Waals surface area (Å²) in [7, 11) is -5.83. The zero-order valence-electron chi connectivity index (χ0n) is 15.9. The van der Waals surface area contributed by atoms with Gasteiger partial charge in [-0.2, -0.15) is 21.6 Å². The Hall–Kier alpha value is -3.01. The van der Waals surface area contributed by atoms with Crippen LogP contribution < -0.4 is 4.18 Å². The third kappa shape index (κ3) is 3.87. The summed E-state index contributed by atoms with van der Waals surface area (Å²) < 4.78 is 69.8. The molecular weight excluding hydrogens is 425 g/mol. The van der Waals surface area contributed by atoms with Gasteiger partial charge in [-0.1, -0.05) is 13.8 Å². The van der Waals surface area contributed by atoms with Crippen molar-refractivity contribution in [1.29, 1.82) is 0 Å². The van der Waals surface area contributed by atoms with Gasteiger partial charge >= 0.3 is 15.6 Å². The molecular formula is C20H17F3O6S. The van der Waals surface area contributed by atoms with E-state index in [1.165, 1.54) is 24.3 Å². The number of halogens is 3. The van der Waals surface area contributed by atoms with Gasteiger partial charge in [-0.05, 0) is 42.3 Å². The lowest BCUT2D eigenvalue weighted by Crippen LogP contribution is -2.28. The van der Waals surface area contributed by atoms with Crippen molar-refractivity contribution >= 4 is 26.9 Å². The maximum Gasteiger partial charge on any atom is 0.534 e. The molecule has 0 amide bonds. The van der Waals surface area contributed by atoms with Crippen LogP contribution in [0.25, 0.3) is 11.0 Å². The van der Waals surface area contributed by atoms with E-state index < -0.39 is 21.4 Å². The van der Waals surface area contributed by atoms with E-state index in [2.05, 4.69) is 4.18 Å². The quantitative estimate of drug-likeness (QED) is 0.337. The van der Waals surface area contributed by atoms with Crippen LogP contribution in [0.2, 0.25) is 0 Å². The van der Waals surface area contributed by atoms with Crippen molar-refractivity contribution < 1.29 is 40.1 Å². The molecule has 3 rings (SSSR count). The van der Waals surface area contributed by atoms with Gasteiger partial charge < -0.3 is 13.7 Å². The Morgan fingerprint density at radius 1 is 1.10 bits per heavy atom. The molecule has 0 atom stereocenters. The fourth-order valence-electron chi connectivity index (χ4n) is 3.08. The number of alkyl halides is 3. The molecule has 0 aliphatic carbocycles. The van der Waals surface area contributed by atoms with Gasteiger partial charge in [0.15, 0.2) is 5.78 Å². The summed E-state index contributed by atoms with van der Waals surface area (Å²) in [6.07, 6.45) is 0.798. The van der Waals surface area contributed by atoms with Crippen LogP contribution in [0.5, 0.6) is 11.5 Å². The summed E-state index contributed by atoms with van der Waals surface area (Å²) in [5.74, 6) is -0.655. The number of carbonyl (C=O) groups excluding carboxylic acids is 1. The highest BCUT2D eigenvalue weighted by Crippen LogP contribution is 2.34. The van der Waals surface area contributed by atoms with Crippen molar-refractivity contribution in [2.45, 2.75) is 32.2 Å². The number of hydrogen-bond acceptors (Lipinski definition) is 6. The number of hydrogen-bond donors (Lipinski definition) is 1. The molecule has 0 fully saturated rings. The Balaban J connectivity index is 2.10. The molecule has 0 saturated carbocycles. The van der Waals surface area contributed by atoms with E-state index in [9.17, 15) is 31.5 Å². The van der Waals surface area contributed by atoms with Crippen LogP contribution in [-0.4, -0.2) is 24.8 Å². The Morgan fingerprint density at radius 3 is 2.40 bits per heavy atom. The summed E-state index contributed by atoms with van der Waals surface area (Å²) in [6.45, 7) is 3.56. The van der Waals surface area contributed by atoms with Crippen molar-refractivity contribution in [3.05, 3.63) is 58.8 Å². The van der Waals surface area contributed by atoms with Crippen molar-refractivity contribution in [2.75, 3.05) is 0 Å². The molecule has 1 aromatic heterocycles. The summed E-state index contributed by atoms with van der Waals surface area (Å²) >= 11 is 0. The second-order valence-corrected chi connectivity index (χ2v) is 7.96. The average Bonchev–Trinajstić information content (AvgIpc) is 3.03. The van der Waals surface area contributed by atoms with Crippen molar-refractivity contribution in [2.24, 2.45) is 0 Å². The number of rotatable bonds is 6. The molecule has 0 bridgehead atoms. The SMILES string of the molecule is CCc1cc(O)ccc1C(=O)c1c(CC)oc2cc(OS(=O)(=O)C(F)(F)F)ccc12. The van der Waals surface area contributed by atoms with E-state index in [1.54, 1.807) is 6.92 Å². The second kappa shape index (κ2) is 7.67. The maximum absolute atomic E-state index is 13.2. The molecule has 6 nitrogen and oxygen atoms in total. The number of ketones is 1. The lowest BCUT2D eigenvalue weighted by atomic mass is 9.94.